The van der Waals surface area contributed by atoms with Gasteiger partial charge in [0, 0.05) is 25.9 Å². The van der Waals surface area contributed by atoms with Gasteiger partial charge in [0.15, 0.2) is 5.96 Å². The van der Waals surface area contributed by atoms with Crippen LogP contribution in [-0.2, 0) is 11.3 Å². The van der Waals surface area contributed by atoms with Crippen LogP contribution in [0.1, 0.15) is 19.4 Å². The average Bonchev–Trinajstić information content (AvgIpc) is 2.75. The monoisotopic (exact) mass is 267 g/mol. The number of nitrogens with zero attached hydrogens (tertiary/aromatic N) is 3. The van der Waals surface area contributed by atoms with Crippen LogP contribution in [0, 0.1) is 6.92 Å². The Morgan fingerprint density at radius 2 is 2.37 bits per heavy atom. The molecular formula is C13H25N5O. The summed E-state index contributed by atoms with van der Waals surface area (Å²) in [6.07, 6.45) is 3.87. The number of aryl methyl sites for hydroxylation is 1. The van der Waals surface area contributed by atoms with Crippen molar-refractivity contribution >= 4 is 5.96 Å². The fourth-order valence-corrected chi connectivity index (χ4v) is 1.70. The van der Waals surface area contributed by atoms with E-state index in [-0.39, 0.29) is 6.04 Å². The van der Waals surface area contributed by atoms with E-state index in [1.165, 1.54) is 5.56 Å². The quantitative estimate of drug-likeness (QED) is 0.566. The molecule has 1 unspecified atom stereocenters. The number of aliphatic imine (C=N–C) groups is 1. The van der Waals surface area contributed by atoms with Gasteiger partial charge in [-0.2, -0.15) is 5.10 Å². The molecule has 6 heteroatoms. The Labute approximate surface area is 115 Å². The topological polar surface area (TPSA) is 63.5 Å². The second-order valence-electron chi connectivity index (χ2n) is 4.54. The van der Waals surface area contributed by atoms with Gasteiger partial charge in [-0.3, -0.25) is 9.67 Å². The number of aromatic nitrogens is 2. The largest absolute Gasteiger partial charge is 0.383 e. The molecule has 0 amide bonds. The Morgan fingerprint density at radius 3 is 2.95 bits per heavy atom. The molecule has 0 aliphatic heterocycles. The number of hydrogen-bond donors (Lipinski definition) is 2. The molecule has 0 aliphatic carbocycles. The van der Waals surface area contributed by atoms with E-state index in [1.54, 1.807) is 7.11 Å². The summed E-state index contributed by atoms with van der Waals surface area (Å²) in [6.45, 7) is 9.11. The summed E-state index contributed by atoms with van der Waals surface area (Å²) >= 11 is 0. The second-order valence-corrected chi connectivity index (χ2v) is 4.54. The first-order chi connectivity index (χ1) is 9.15. The molecule has 0 saturated carbocycles. The molecule has 1 aromatic heterocycles. The van der Waals surface area contributed by atoms with E-state index in [1.807, 2.05) is 24.0 Å². The van der Waals surface area contributed by atoms with Crippen LogP contribution < -0.4 is 10.6 Å². The molecular weight excluding hydrogens is 242 g/mol. The second kappa shape index (κ2) is 8.53. The van der Waals surface area contributed by atoms with Gasteiger partial charge in [-0.05, 0) is 26.3 Å². The first kappa shape index (κ1) is 15.5. The predicted octanol–water partition coefficient (Wildman–Crippen LogP) is 0.782. The van der Waals surface area contributed by atoms with Crippen molar-refractivity contribution in [3.63, 3.8) is 0 Å². The van der Waals surface area contributed by atoms with Crippen molar-refractivity contribution in [2.24, 2.45) is 4.99 Å². The van der Waals surface area contributed by atoms with Crippen molar-refractivity contribution in [1.29, 1.82) is 0 Å². The minimum absolute atomic E-state index is 0.231. The Hall–Kier alpha value is -1.56. The molecule has 2 N–H and O–H groups in total. The maximum absolute atomic E-state index is 5.10. The summed E-state index contributed by atoms with van der Waals surface area (Å²) in [5.74, 6) is 0.816. The van der Waals surface area contributed by atoms with E-state index >= 15 is 0 Å². The van der Waals surface area contributed by atoms with Crippen molar-refractivity contribution in [2.75, 3.05) is 26.8 Å². The third-order valence-corrected chi connectivity index (χ3v) is 2.51. The van der Waals surface area contributed by atoms with Crippen molar-refractivity contribution in [3.8, 4) is 0 Å². The van der Waals surface area contributed by atoms with Crippen LogP contribution in [-0.4, -0.2) is 48.6 Å². The third-order valence-electron chi connectivity index (χ3n) is 2.51. The van der Waals surface area contributed by atoms with Crippen molar-refractivity contribution in [2.45, 2.75) is 33.4 Å². The van der Waals surface area contributed by atoms with Crippen LogP contribution in [0.2, 0.25) is 0 Å². The number of ether oxygens (including phenoxy) is 1. The Morgan fingerprint density at radius 1 is 1.58 bits per heavy atom. The van der Waals surface area contributed by atoms with E-state index in [9.17, 15) is 0 Å². The smallest absolute Gasteiger partial charge is 0.191 e. The van der Waals surface area contributed by atoms with Gasteiger partial charge in [-0.1, -0.05) is 0 Å². The van der Waals surface area contributed by atoms with Crippen LogP contribution in [0.25, 0.3) is 0 Å². The highest BCUT2D eigenvalue weighted by Gasteiger charge is 2.03. The lowest BCUT2D eigenvalue weighted by Gasteiger charge is -2.16. The van der Waals surface area contributed by atoms with Crippen LogP contribution in [0.15, 0.2) is 17.4 Å². The molecule has 0 spiro atoms. The third kappa shape index (κ3) is 6.24. The van der Waals surface area contributed by atoms with Gasteiger partial charge < -0.3 is 15.4 Å². The van der Waals surface area contributed by atoms with Crippen LogP contribution >= 0.6 is 0 Å². The van der Waals surface area contributed by atoms with Gasteiger partial charge in [-0.15, -0.1) is 0 Å². The minimum Gasteiger partial charge on any atom is -0.383 e. The number of methoxy groups -OCH3 is 1. The maximum Gasteiger partial charge on any atom is 0.191 e. The molecule has 19 heavy (non-hydrogen) atoms. The normalized spacial score (nSPS) is 13.4. The molecule has 0 aliphatic rings. The maximum atomic E-state index is 5.10. The lowest BCUT2D eigenvalue weighted by molar-refractivity contribution is 0.179. The van der Waals surface area contributed by atoms with Gasteiger partial charge in [0.25, 0.3) is 0 Å². The Balaban J connectivity index is 2.43. The highest BCUT2D eigenvalue weighted by atomic mass is 16.5. The molecule has 1 rings (SSSR count). The first-order valence-electron chi connectivity index (χ1n) is 6.68. The summed E-state index contributed by atoms with van der Waals surface area (Å²) in [5, 5.41) is 10.7. The number of nitrogens with one attached hydrogen (secondary N) is 2. The zero-order valence-electron chi connectivity index (χ0n) is 12.3. The van der Waals surface area contributed by atoms with E-state index in [0.29, 0.717) is 13.2 Å². The van der Waals surface area contributed by atoms with Gasteiger partial charge in [0.2, 0.25) is 0 Å². The van der Waals surface area contributed by atoms with E-state index in [4.69, 9.17) is 4.74 Å². The van der Waals surface area contributed by atoms with Gasteiger partial charge >= 0.3 is 0 Å². The van der Waals surface area contributed by atoms with Gasteiger partial charge in [-0.25, -0.2) is 0 Å². The highest BCUT2D eigenvalue weighted by Crippen LogP contribution is 1.93. The van der Waals surface area contributed by atoms with E-state index in [0.717, 1.165) is 19.0 Å². The molecule has 0 bridgehead atoms. The number of rotatable bonds is 7. The fourth-order valence-electron chi connectivity index (χ4n) is 1.70. The molecule has 0 fully saturated rings. The van der Waals surface area contributed by atoms with E-state index < -0.39 is 0 Å². The van der Waals surface area contributed by atoms with Crippen LogP contribution in [0.5, 0.6) is 0 Å². The zero-order valence-corrected chi connectivity index (χ0v) is 12.3. The molecule has 0 aromatic carbocycles. The van der Waals surface area contributed by atoms with Gasteiger partial charge in [0.1, 0.15) is 0 Å². The predicted molar refractivity (Wildman–Crippen MR) is 77.4 cm³/mol. The summed E-state index contributed by atoms with van der Waals surface area (Å²) in [7, 11) is 1.70. The zero-order chi connectivity index (χ0) is 14.1. The molecule has 0 saturated heterocycles. The fraction of sp³-hybridized carbons (Fsp3) is 0.692. The first-order valence-corrected chi connectivity index (χ1v) is 6.68. The summed E-state index contributed by atoms with van der Waals surface area (Å²) in [5.41, 5.74) is 1.17. The Bertz CT molecular complexity index is 388. The Kier molecular flexibility index (Phi) is 6.95. The molecule has 6 nitrogen and oxygen atoms in total. The van der Waals surface area contributed by atoms with Gasteiger partial charge in [0.05, 0.1) is 25.9 Å². The van der Waals surface area contributed by atoms with Crippen molar-refractivity contribution in [1.82, 2.24) is 20.4 Å². The molecule has 1 atom stereocenters. The summed E-state index contributed by atoms with van der Waals surface area (Å²) in [4.78, 5) is 4.52. The molecule has 1 aromatic rings. The molecule has 1 heterocycles. The standard InChI is InChI=1S/C13H25N5O/c1-5-14-13(17-12(3)10-19-4)15-6-7-18-9-11(2)8-16-18/h8-9,12H,5-7,10H2,1-4H3,(H2,14,15,17). The lowest BCUT2D eigenvalue weighted by Crippen LogP contribution is -2.44. The van der Waals surface area contributed by atoms with E-state index in [2.05, 4.69) is 34.6 Å². The molecule has 0 radical (unpaired) electrons. The summed E-state index contributed by atoms with van der Waals surface area (Å²) in [6, 6.07) is 0.231. The average molecular weight is 267 g/mol. The minimum atomic E-state index is 0.231. The van der Waals surface area contributed by atoms with Crippen molar-refractivity contribution in [3.05, 3.63) is 18.0 Å². The van der Waals surface area contributed by atoms with Crippen LogP contribution in [0.4, 0.5) is 0 Å². The lowest BCUT2D eigenvalue weighted by atomic mass is 10.4. The molecule has 108 valence electrons. The number of hydrogen-bond acceptors (Lipinski definition) is 3. The number of guanidine groups is 1. The SMILES string of the molecule is CCNC(=NCCn1cc(C)cn1)NC(C)COC. The summed E-state index contributed by atoms with van der Waals surface area (Å²) < 4.78 is 7.00. The highest BCUT2D eigenvalue weighted by molar-refractivity contribution is 5.80. The van der Waals surface area contributed by atoms with Crippen molar-refractivity contribution < 1.29 is 4.74 Å². The van der Waals surface area contributed by atoms with Crippen LogP contribution in [0.3, 0.4) is 0 Å².